The first kappa shape index (κ1) is 17.4. The number of rotatable bonds is 7. The Bertz CT molecular complexity index is 927. The second-order valence-electron chi connectivity index (χ2n) is 6.00. The molecule has 0 bridgehead atoms. The van der Waals surface area contributed by atoms with Gasteiger partial charge in [-0.3, -0.25) is 4.79 Å². The molecule has 3 aromatic rings. The second kappa shape index (κ2) is 8.09. The highest BCUT2D eigenvalue weighted by Gasteiger charge is 2.14. The molecule has 2 aromatic carbocycles. The van der Waals surface area contributed by atoms with Crippen molar-refractivity contribution in [1.82, 2.24) is 4.98 Å². The van der Waals surface area contributed by atoms with Crippen molar-refractivity contribution in [2.45, 2.75) is 19.4 Å². The number of hydrogen-bond donors (Lipinski definition) is 1. The number of anilines is 1. The minimum atomic E-state index is -0.0719. The van der Waals surface area contributed by atoms with Gasteiger partial charge in [0.2, 0.25) is 12.7 Å². The molecule has 0 fully saturated rings. The maximum absolute atomic E-state index is 12.4. The molecular formula is C20H18N2O4S. The summed E-state index contributed by atoms with van der Waals surface area (Å²) in [6.45, 7) is 0.616. The first-order valence-electron chi connectivity index (χ1n) is 8.55. The van der Waals surface area contributed by atoms with Crippen molar-refractivity contribution in [2.24, 2.45) is 0 Å². The van der Waals surface area contributed by atoms with Gasteiger partial charge in [0, 0.05) is 11.8 Å². The van der Waals surface area contributed by atoms with Gasteiger partial charge in [-0.15, -0.1) is 11.3 Å². The quantitative estimate of drug-likeness (QED) is 0.668. The average molecular weight is 382 g/mol. The van der Waals surface area contributed by atoms with Crippen LogP contribution < -0.4 is 19.5 Å². The fraction of sp³-hybridized carbons (Fsp3) is 0.200. The number of carbonyl (C=O) groups excluding carboxylic acids is 1. The van der Waals surface area contributed by atoms with Crippen molar-refractivity contribution < 1.29 is 19.0 Å². The third-order valence-corrected chi connectivity index (χ3v) is 4.73. The van der Waals surface area contributed by atoms with Gasteiger partial charge >= 0.3 is 0 Å². The molecule has 6 nitrogen and oxygen atoms in total. The first-order valence-corrected chi connectivity index (χ1v) is 9.49. The van der Waals surface area contributed by atoms with Crippen molar-refractivity contribution in [1.29, 1.82) is 0 Å². The summed E-state index contributed by atoms with van der Waals surface area (Å²) < 4.78 is 16.5. The fourth-order valence-corrected chi connectivity index (χ4v) is 3.27. The van der Waals surface area contributed by atoms with E-state index in [2.05, 4.69) is 10.3 Å². The molecule has 27 heavy (non-hydrogen) atoms. The Labute approximate surface area is 160 Å². The Balaban J connectivity index is 1.34. The van der Waals surface area contributed by atoms with Gasteiger partial charge in [-0.25, -0.2) is 4.98 Å². The Morgan fingerprint density at radius 3 is 2.96 bits per heavy atom. The summed E-state index contributed by atoms with van der Waals surface area (Å²) in [5, 5.41) is 4.86. The number of aromatic nitrogens is 1. The van der Waals surface area contributed by atoms with Gasteiger partial charge in [0.05, 0.1) is 16.9 Å². The highest BCUT2D eigenvalue weighted by atomic mass is 32.1. The van der Waals surface area contributed by atoms with Gasteiger partial charge in [-0.1, -0.05) is 18.2 Å². The number of fused-ring (bicyclic) bond motifs is 1. The smallest absolute Gasteiger partial charge is 0.231 e. The molecule has 0 unspecified atom stereocenters. The van der Waals surface area contributed by atoms with Crippen molar-refractivity contribution in [2.75, 3.05) is 12.1 Å². The minimum Gasteiger partial charge on any atom is -0.485 e. The van der Waals surface area contributed by atoms with Crippen molar-refractivity contribution in [3.8, 4) is 17.2 Å². The number of benzene rings is 2. The molecule has 138 valence electrons. The normalized spacial score (nSPS) is 12.0. The zero-order valence-electron chi connectivity index (χ0n) is 14.5. The van der Waals surface area contributed by atoms with Crippen LogP contribution in [0.2, 0.25) is 0 Å². The summed E-state index contributed by atoms with van der Waals surface area (Å²) in [7, 11) is 0. The van der Waals surface area contributed by atoms with E-state index >= 15 is 0 Å². The van der Waals surface area contributed by atoms with E-state index in [-0.39, 0.29) is 12.7 Å². The maximum Gasteiger partial charge on any atom is 0.231 e. The zero-order valence-corrected chi connectivity index (χ0v) is 15.3. The van der Waals surface area contributed by atoms with Crippen LogP contribution >= 0.6 is 11.3 Å². The summed E-state index contributed by atoms with van der Waals surface area (Å²) in [5.41, 5.74) is 4.32. The molecule has 7 heteroatoms. The van der Waals surface area contributed by atoms with E-state index in [0.717, 1.165) is 22.8 Å². The predicted octanol–water partition coefficient (Wildman–Crippen LogP) is 4.02. The molecule has 4 rings (SSSR count). The number of amides is 1. The molecule has 0 aliphatic carbocycles. The van der Waals surface area contributed by atoms with Gasteiger partial charge in [0.1, 0.15) is 12.4 Å². The highest BCUT2D eigenvalue weighted by Crippen LogP contribution is 2.33. The van der Waals surface area contributed by atoms with Crippen LogP contribution in [0.15, 0.2) is 53.4 Å². The van der Waals surface area contributed by atoms with Crippen LogP contribution in [-0.4, -0.2) is 17.7 Å². The molecule has 0 saturated heterocycles. The first-order chi connectivity index (χ1) is 13.3. The number of hydrogen-bond acceptors (Lipinski definition) is 6. The second-order valence-corrected chi connectivity index (χ2v) is 6.72. The third kappa shape index (κ3) is 4.38. The third-order valence-electron chi connectivity index (χ3n) is 4.10. The van der Waals surface area contributed by atoms with Crippen LogP contribution in [0.25, 0.3) is 0 Å². The molecule has 1 aliphatic heterocycles. The molecule has 0 spiro atoms. The summed E-state index contributed by atoms with van der Waals surface area (Å²) in [6.07, 6.45) is 0.977. The lowest BCUT2D eigenvalue weighted by Crippen LogP contribution is -2.13. The number of aryl methyl sites for hydroxylation is 1. The lowest BCUT2D eigenvalue weighted by Gasteiger charge is -2.12. The van der Waals surface area contributed by atoms with Crippen LogP contribution in [0.1, 0.15) is 17.7 Å². The molecule has 1 aliphatic rings. The summed E-state index contributed by atoms with van der Waals surface area (Å²) in [6, 6.07) is 13.1. The Morgan fingerprint density at radius 1 is 1.19 bits per heavy atom. The highest BCUT2D eigenvalue weighted by molar-refractivity contribution is 7.07. The lowest BCUT2D eigenvalue weighted by atomic mass is 10.1. The van der Waals surface area contributed by atoms with Crippen LogP contribution in [-0.2, 0) is 17.8 Å². The number of nitrogens with zero attached hydrogens (tertiary/aromatic N) is 1. The van der Waals surface area contributed by atoms with E-state index < -0.39 is 0 Å². The van der Waals surface area contributed by atoms with E-state index in [4.69, 9.17) is 14.2 Å². The van der Waals surface area contributed by atoms with Crippen molar-refractivity contribution >= 4 is 22.9 Å². The molecule has 0 atom stereocenters. The SMILES string of the molecule is O=C(CCc1ccc2c(c1)OCO2)Nc1ccccc1OCc1cscn1. The largest absolute Gasteiger partial charge is 0.485 e. The van der Waals surface area contributed by atoms with Crippen LogP contribution in [0.4, 0.5) is 5.69 Å². The monoisotopic (exact) mass is 382 g/mol. The van der Waals surface area contributed by atoms with E-state index in [0.29, 0.717) is 30.9 Å². The summed E-state index contributed by atoms with van der Waals surface area (Å²) in [5.74, 6) is 2.03. The molecule has 0 saturated carbocycles. The maximum atomic E-state index is 12.4. The summed E-state index contributed by atoms with van der Waals surface area (Å²) >= 11 is 1.52. The van der Waals surface area contributed by atoms with Crippen LogP contribution in [0, 0.1) is 0 Å². The van der Waals surface area contributed by atoms with Gasteiger partial charge in [0.25, 0.3) is 0 Å². The number of nitrogens with one attached hydrogen (secondary N) is 1. The standard InChI is InChI=1S/C20H18N2O4S/c23-20(8-6-14-5-7-18-19(9-14)26-13-25-18)22-16-3-1-2-4-17(16)24-10-15-11-27-12-21-15/h1-5,7,9,11-12H,6,8,10,13H2,(H,22,23). The Kier molecular flexibility index (Phi) is 5.20. The van der Waals surface area contributed by atoms with Crippen LogP contribution in [0.3, 0.4) is 0 Å². The molecule has 2 heterocycles. The van der Waals surface area contributed by atoms with Crippen molar-refractivity contribution in [3.63, 3.8) is 0 Å². The zero-order chi connectivity index (χ0) is 18.5. The van der Waals surface area contributed by atoms with Crippen molar-refractivity contribution in [3.05, 3.63) is 64.6 Å². The topological polar surface area (TPSA) is 69.7 Å². The van der Waals surface area contributed by atoms with Crippen LogP contribution in [0.5, 0.6) is 17.2 Å². The van der Waals surface area contributed by atoms with E-state index in [1.54, 1.807) is 5.51 Å². The lowest BCUT2D eigenvalue weighted by molar-refractivity contribution is -0.116. The predicted molar refractivity (Wildman–Crippen MR) is 102 cm³/mol. The molecule has 1 amide bonds. The molecule has 0 radical (unpaired) electrons. The number of ether oxygens (including phenoxy) is 3. The molecular weight excluding hydrogens is 364 g/mol. The Morgan fingerprint density at radius 2 is 2.07 bits per heavy atom. The average Bonchev–Trinajstić information content (AvgIpc) is 3.37. The van der Waals surface area contributed by atoms with Gasteiger partial charge in [-0.05, 0) is 36.2 Å². The Hall–Kier alpha value is -3.06. The molecule has 1 N–H and O–H groups in total. The van der Waals surface area contributed by atoms with Gasteiger partial charge < -0.3 is 19.5 Å². The molecule has 1 aromatic heterocycles. The van der Waals surface area contributed by atoms with E-state index in [1.807, 2.05) is 47.8 Å². The van der Waals surface area contributed by atoms with Gasteiger partial charge in [-0.2, -0.15) is 0 Å². The van der Waals surface area contributed by atoms with E-state index in [1.165, 1.54) is 11.3 Å². The number of para-hydroxylation sites is 2. The number of carbonyl (C=O) groups is 1. The van der Waals surface area contributed by atoms with E-state index in [9.17, 15) is 4.79 Å². The fourth-order valence-electron chi connectivity index (χ4n) is 2.72. The number of thiazole rings is 1. The minimum absolute atomic E-state index is 0.0719. The van der Waals surface area contributed by atoms with Gasteiger partial charge in [0.15, 0.2) is 11.5 Å². The summed E-state index contributed by atoms with van der Waals surface area (Å²) in [4.78, 5) is 16.6.